The molecule has 4 nitrogen and oxygen atoms in total. The fourth-order valence-corrected chi connectivity index (χ4v) is 4.38. The van der Waals surface area contributed by atoms with E-state index in [1.54, 1.807) is 13.0 Å². The van der Waals surface area contributed by atoms with Crippen molar-refractivity contribution in [3.8, 4) is 0 Å². The number of alkyl halides is 2. The highest BCUT2D eigenvalue weighted by molar-refractivity contribution is 5.66. The van der Waals surface area contributed by atoms with E-state index in [0.717, 1.165) is 19.3 Å². The quantitative estimate of drug-likeness (QED) is 0.270. The predicted molar refractivity (Wildman–Crippen MR) is 106 cm³/mol. The lowest BCUT2D eigenvalue weighted by atomic mass is 9.70. The van der Waals surface area contributed by atoms with Gasteiger partial charge in [0, 0.05) is 11.8 Å². The Morgan fingerprint density at radius 2 is 1.96 bits per heavy atom. The smallest absolute Gasteiger partial charge is 0.303 e. The van der Waals surface area contributed by atoms with Crippen LogP contribution in [0.1, 0.15) is 90.9 Å². The maximum absolute atomic E-state index is 14.1. The van der Waals surface area contributed by atoms with Crippen LogP contribution in [0.3, 0.4) is 0 Å². The number of carbonyl (C=O) groups is 1. The van der Waals surface area contributed by atoms with Crippen molar-refractivity contribution in [1.82, 2.24) is 0 Å². The number of aliphatic hydroxyl groups excluding tert-OH is 1. The number of aliphatic carboxylic acids is 1. The van der Waals surface area contributed by atoms with Gasteiger partial charge in [-0.2, -0.15) is 0 Å². The lowest BCUT2D eigenvalue weighted by Gasteiger charge is -2.38. The number of hydrogen-bond acceptors (Lipinski definition) is 3. The molecule has 3 N–H and O–H groups in total. The van der Waals surface area contributed by atoms with Gasteiger partial charge >= 0.3 is 5.97 Å². The maximum Gasteiger partial charge on any atom is 0.303 e. The summed E-state index contributed by atoms with van der Waals surface area (Å²) in [4.78, 5) is 10.5. The second kappa shape index (κ2) is 11.9. The summed E-state index contributed by atoms with van der Waals surface area (Å²) >= 11 is 0. The second-order valence-electron chi connectivity index (χ2n) is 8.69. The molecular formula is C22H38F2O4. The zero-order valence-corrected chi connectivity index (χ0v) is 17.4. The number of carboxylic acid groups (broad SMARTS) is 1. The molecule has 4 atom stereocenters. The third kappa shape index (κ3) is 7.78. The van der Waals surface area contributed by atoms with Crippen molar-refractivity contribution in [2.75, 3.05) is 0 Å². The Balaban J connectivity index is 2.69. The molecule has 0 heterocycles. The van der Waals surface area contributed by atoms with Crippen LogP contribution in [-0.4, -0.2) is 39.4 Å². The molecule has 0 saturated heterocycles. The number of hydrogen-bond donors (Lipinski definition) is 3. The van der Waals surface area contributed by atoms with Crippen LogP contribution in [0.2, 0.25) is 0 Å². The largest absolute Gasteiger partial charge is 0.481 e. The van der Waals surface area contributed by atoms with Gasteiger partial charge in [-0.1, -0.05) is 38.3 Å². The van der Waals surface area contributed by atoms with Gasteiger partial charge in [-0.05, 0) is 64.2 Å². The summed E-state index contributed by atoms with van der Waals surface area (Å²) in [6.07, 6.45) is 6.58. The standard InChI is InChI=1S/C22H38F2O4/c1-3-4-9-13-21(2,28)15-16-22(20(23)24)14-12-18(25)17(22)10-7-5-6-8-11-19(26)27/h5,7,17-18,20,25,28H,3-4,6,8-16H2,1-2H3,(H,26,27)/b7-5-/t17-,18-,21?,22+/m0/s1. The molecule has 164 valence electrons. The van der Waals surface area contributed by atoms with E-state index in [1.165, 1.54) is 0 Å². The van der Waals surface area contributed by atoms with E-state index in [-0.39, 0.29) is 19.3 Å². The Morgan fingerprint density at radius 1 is 1.25 bits per heavy atom. The van der Waals surface area contributed by atoms with Crippen molar-refractivity contribution < 1.29 is 28.9 Å². The van der Waals surface area contributed by atoms with Crippen LogP contribution in [-0.2, 0) is 4.79 Å². The molecule has 0 radical (unpaired) electrons. The van der Waals surface area contributed by atoms with E-state index in [1.807, 2.05) is 6.08 Å². The molecule has 1 rings (SSSR count). The lowest BCUT2D eigenvalue weighted by Crippen LogP contribution is -2.39. The lowest BCUT2D eigenvalue weighted by molar-refractivity contribution is -0.137. The van der Waals surface area contributed by atoms with E-state index in [2.05, 4.69) is 6.92 Å². The minimum absolute atomic E-state index is 0.0878. The monoisotopic (exact) mass is 404 g/mol. The number of carboxylic acids is 1. The van der Waals surface area contributed by atoms with Crippen LogP contribution in [0.4, 0.5) is 8.78 Å². The highest BCUT2D eigenvalue weighted by Crippen LogP contribution is 2.53. The molecule has 1 unspecified atom stereocenters. The Hall–Kier alpha value is -1.01. The molecule has 0 bridgehead atoms. The number of unbranched alkanes of at least 4 members (excludes halogenated alkanes) is 3. The first kappa shape index (κ1) is 25.0. The minimum atomic E-state index is -2.54. The summed E-state index contributed by atoms with van der Waals surface area (Å²) < 4.78 is 28.3. The number of halogens is 2. The molecule has 0 amide bonds. The predicted octanol–water partition coefficient (Wildman–Crippen LogP) is 5.32. The maximum atomic E-state index is 14.1. The molecule has 0 aliphatic heterocycles. The van der Waals surface area contributed by atoms with Crippen molar-refractivity contribution >= 4 is 5.97 Å². The topological polar surface area (TPSA) is 77.8 Å². The molecule has 0 aromatic rings. The van der Waals surface area contributed by atoms with Gasteiger partial charge in [0.25, 0.3) is 0 Å². The molecule has 1 aliphatic rings. The summed E-state index contributed by atoms with van der Waals surface area (Å²) in [5.74, 6) is -1.38. The molecule has 1 saturated carbocycles. The number of aliphatic hydroxyl groups is 2. The minimum Gasteiger partial charge on any atom is -0.481 e. The van der Waals surface area contributed by atoms with E-state index < -0.39 is 35.4 Å². The third-order valence-corrected chi connectivity index (χ3v) is 6.31. The van der Waals surface area contributed by atoms with Crippen LogP contribution < -0.4 is 0 Å². The Labute approximate surface area is 168 Å². The fourth-order valence-electron chi connectivity index (χ4n) is 4.38. The average molecular weight is 405 g/mol. The Morgan fingerprint density at radius 3 is 2.57 bits per heavy atom. The van der Waals surface area contributed by atoms with Crippen molar-refractivity contribution in [3.63, 3.8) is 0 Å². The van der Waals surface area contributed by atoms with Gasteiger partial charge in [0.15, 0.2) is 0 Å². The van der Waals surface area contributed by atoms with Crippen LogP contribution in [0, 0.1) is 11.3 Å². The Kier molecular flexibility index (Phi) is 10.6. The normalized spacial score (nSPS) is 27.5. The van der Waals surface area contributed by atoms with Gasteiger partial charge in [-0.15, -0.1) is 0 Å². The van der Waals surface area contributed by atoms with Crippen molar-refractivity contribution in [3.05, 3.63) is 12.2 Å². The molecule has 6 heteroatoms. The summed E-state index contributed by atoms with van der Waals surface area (Å²) in [7, 11) is 0. The molecule has 1 fully saturated rings. The zero-order chi connectivity index (χ0) is 21.2. The average Bonchev–Trinajstić information content (AvgIpc) is 2.93. The zero-order valence-electron chi connectivity index (χ0n) is 17.4. The van der Waals surface area contributed by atoms with Crippen molar-refractivity contribution in [1.29, 1.82) is 0 Å². The van der Waals surface area contributed by atoms with Crippen LogP contribution >= 0.6 is 0 Å². The van der Waals surface area contributed by atoms with E-state index in [4.69, 9.17) is 5.11 Å². The second-order valence-corrected chi connectivity index (χ2v) is 8.69. The van der Waals surface area contributed by atoms with E-state index in [0.29, 0.717) is 38.5 Å². The molecule has 0 spiro atoms. The van der Waals surface area contributed by atoms with Crippen molar-refractivity contribution in [2.45, 2.75) is 109 Å². The SMILES string of the molecule is CCCCCC(C)(O)CC[C@]1(C(F)F)CC[C@H](O)[C@@H]1C/C=C\CCCC(=O)O. The summed E-state index contributed by atoms with van der Waals surface area (Å²) in [5.41, 5.74) is -2.22. The highest BCUT2D eigenvalue weighted by atomic mass is 19.3. The van der Waals surface area contributed by atoms with Gasteiger partial charge in [0.1, 0.15) is 0 Å². The molecular weight excluding hydrogens is 366 g/mol. The van der Waals surface area contributed by atoms with Gasteiger partial charge in [0.2, 0.25) is 6.43 Å². The van der Waals surface area contributed by atoms with Gasteiger partial charge in [-0.3, -0.25) is 4.79 Å². The molecule has 0 aromatic carbocycles. The first-order valence-corrected chi connectivity index (χ1v) is 10.7. The summed E-state index contributed by atoms with van der Waals surface area (Å²) in [5, 5.41) is 29.6. The summed E-state index contributed by atoms with van der Waals surface area (Å²) in [6.45, 7) is 3.81. The van der Waals surface area contributed by atoms with Gasteiger partial charge in [-0.25, -0.2) is 8.78 Å². The fraction of sp³-hybridized carbons (Fsp3) is 0.864. The van der Waals surface area contributed by atoms with Crippen LogP contribution in [0.5, 0.6) is 0 Å². The summed E-state index contributed by atoms with van der Waals surface area (Å²) in [6, 6.07) is 0. The Bertz CT molecular complexity index is 493. The molecule has 1 aliphatic carbocycles. The number of rotatable bonds is 14. The van der Waals surface area contributed by atoms with E-state index >= 15 is 0 Å². The highest BCUT2D eigenvalue weighted by Gasteiger charge is 2.53. The van der Waals surface area contributed by atoms with Gasteiger partial charge < -0.3 is 15.3 Å². The third-order valence-electron chi connectivity index (χ3n) is 6.31. The molecule has 28 heavy (non-hydrogen) atoms. The first-order valence-electron chi connectivity index (χ1n) is 10.7. The molecule has 0 aromatic heterocycles. The number of allylic oxidation sites excluding steroid dienone is 2. The van der Waals surface area contributed by atoms with Crippen LogP contribution in [0.25, 0.3) is 0 Å². The van der Waals surface area contributed by atoms with Gasteiger partial charge in [0.05, 0.1) is 11.7 Å². The van der Waals surface area contributed by atoms with E-state index in [9.17, 15) is 23.8 Å². The first-order chi connectivity index (χ1) is 13.1. The van der Waals surface area contributed by atoms with Crippen LogP contribution in [0.15, 0.2) is 12.2 Å². The van der Waals surface area contributed by atoms with Crippen molar-refractivity contribution in [2.24, 2.45) is 11.3 Å².